The number of benzene rings is 2. The van der Waals surface area contributed by atoms with Gasteiger partial charge in [0.25, 0.3) is 5.91 Å². The highest BCUT2D eigenvalue weighted by Crippen LogP contribution is 2.21. The van der Waals surface area contributed by atoms with Gasteiger partial charge in [-0.2, -0.15) is 5.10 Å². The van der Waals surface area contributed by atoms with Gasteiger partial charge in [-0.15, -0.1) is 0 Å². The van der Waals surface area contributed by atoms with E-state index in [1.54, 1.807) is 20.3 Å². The fourth-order valence-corrected chi connectivity index (χ4v) is 2.37. The summed E-state index contributed by atoms with van der Waals surface area (Å²) < 4.78 is 10.3. The average Bonchev–Trinajstić information content (AvgIpc) is 3.17. The van der Waals surface area contributed by atoms with Crippen molar-refractivity contribution < 1.29 is 14.3 Å². The predicted octanol–water partition coefficient (Wildman–Crippen LogP) is 3.02. The molecule has 0 spiro atoms. The van der Waals surface area contributed by atoms with Crippen LogP contribution in [-0.4, -0.2) is 30.3 Å². The topological polar surface area (TPSA) is 76.2 Å². The lowest BCUT2D eigenvalue weighted by Gasteiger charge is -2.05. The van der Waals surface area contributed by atoms with E-state index in [1.165, 1.54) is 0 Å². The summed E-state index contributed by atoms with van der Waals surface area (Å²) in [4.78, 5) is 12.3. The van der Waals surface area contributed by atoms with E-state index >= 15 is 0 Å². The predicted molar refractivity (Wildman–Crippen MR) is 94.7 cm³/mol. The summed E-state index contributed by atoms with van der Waals surface area (Å²) in [5, 5.41) is 9.84. The summed E-state index contributed by atoms with van der Waals surface area (Å²) in [7, 11) is 3.24. The highest BCUT2D eigenvalue weighted by atomic mass is 16.5. The number of aromatic nitrogens is 2. The summed E-state index contributed by atoms with van der Waals surface area (Å²) in [6.45, 7) is 0.430. The minimum absolute atomic E-state index is 0.205. The second-order valence-corrected chi connectivity index (χ2v) is 5.43. The summed E-state index contributed by atoms with van der Waals surface area (Å²) in [6, 6.07) is 16.8. The zero-order valence-corrected chi connectivity index (χ0v) is 14.1. The highest BCUT2D eigenvalue weighted by molar-refractivity contribution is 5.93. The molecule has 0 unspecified atom stereocenters. The van der Waals surface area contributed by atoms with Crippen LogP contribution in [0.2, 0.25) is 0 Å². The summed E-state index contributed by atoms with van der Waals surface area (Å²) >= 11 is 0. The molecule has 0 radical (unpaired) electrons. The summed E-state index contributed by atoms with van der Waals surface area (Å²) in [5.74, 6) is 1.35. The molecule has 1 heterocycles. The Balaban J connectivity index is 1.63. The fourth-order valence-electron chi connectivity index (χ4n) is 2.37. The van der Waals surface area contributed by atoms with Gasteiger partial charge in [-0.3, -0.25) is 9.89 Å². The van der Waals surface area contributed by atoms with Crippen molar-refractivity contribution in [2.45, 2.75) is 6.54 Å². The Labute approximate surface area is 145 Å². The van der Waals surface area contributed by atoms with Gasteiger partial charge < -0.3 is 14.8 Å². The molecule has 2 aromatic carbocycles. The Morgan fingerprint density at radius 2 is 1.60 bits per heavy atom. The second kappa shape index (κ2) is 7.53. The molecule has 0 saturated carbocycles. The lowest BCUT2D eigenvalue weighted by atomic mass is 10.1. The van der Waals surface area contributed by atoms with E-state index in [0.717, 1.165) is 22.6 Å². The molecule has 0 bridgehead atoms. The van der Waals surface area contributed by atoms with Crippen LogP contribution >= 0.6 is 0 Å². The first-order chi connectivity index (χ1) is 12.2. The minimum atomic E-state index is -0.205. The third-order valence-electron chi connectivity index (χ3n) is 3.82. The number of amides is 1. The largest absolute Gasteiger partial charge is 0.497 e. The maximum Gasteiger partial charge on any atom is 0.269 e. The van der Waals surface area contributed by atoms with Gasteiger partial charge in [-0.05, 0) is 48.0 Å². The van der Waals surface area contributed by atoms with Gasteiger partial charge in [0, 0.05) is 12.1 Å². The first-order valence-electron chi connectivity index (χ1n) is 7.80. The Kier molecular flexibility index (Phi) is 4.99. The Bertz CT molecular complexity index is 839. The van der Waals surface area contributed by atoms with E-state index < -0.39 is 0 Å². The van der Waals surface area contributed by atoms with Crippen molar-refractivity contribution in [3.63, 3.8) is 0 Å². The van der Waals surface area contributed by atoms with Gasteiger partial charge in [0.05, 0.1) is 19.9 Å². The van der Waals surface area contributed by atoms with Crippen LogP contribution < -0.4 is 14.8 Å². The lowest BCUT2D eigenvalue weighted by Crippen LogP contribution is -2.23. The van der Waals surface area contributed by atoms with Crippen molar-refractivity contribution in [3.05, 3.63) is 65.9 Å². The molecule has 2 N–H and O–H groups in total. The number of nitrogens with zero attached hydrogens (tertiary/aromatic N) is 1. The number of rotatable bonds is 6. The van der Waals surface area contributed by atoms with Gasteiger partial charge in [-0.1, -0.05) is 12.1 Å². The van der Waals surface area contributed by atoms with Crippen molar-refractivity contribution in [3.8, 4) is 22.8 Å². The van der Waals surface area contributed by atoms with Crippen LogP contribution in [0.15, 0.2) is 54.6 Å². The number of carbonyl (C=O) groups is 1. The fraction of sp³-hybridized carbons (Fsp3) is 0.158. The van der Waals surface area contributed by atoms with Crippen LogP contribution in [0.25, 0.3) is 11.3 Å². The maximum absolute atomic E-state index is 12.3. The van der Waals surface area contributed by atoms with Crippen LogP contribution in [0, 0.1) is 0 Å². The Morgan fingerprint density at radius 1 is 1.00 bits per heavy atom. The number of aromatic amines is 1. The third-order valence-corrected chi connectivity index (χ3v) is 3.82. The number of nitrogens with one attached hydrogen (secondary N) is 2. The number of carbonyl (C=O) groups excluding carboxylic acids is 1. The highest BCUT2D eigenvalue weighted by Gasteiger charge is 2.11. The second-order valence-electron chi connectivity index (χ2n) is 5.43. The van der Waals surface area contributed by atoms with E-state index in [9.17, 15) is 4.79 Å². The molecule has 3 rings (SSSR count). The van der Waals surface area contributed by atoms with E-state index in [2.05, 4.69) is 15.5 Å². The first-order valence-corrected chi connectivity index (χ1v) is 7.80. The van der Waals surface area contributed by atoms with E-state index in [1.807, 2.05) is 48.5 Å². The number of hydrogen-bond acceptors (Lipinski definition) is 4. The van der Waals surface area contributed by atoms with Crippen LogP contribution in [0.5, 0.6) is 11.5 Å². The summed E-state index contributed by atoms with van der Waals surface area (Å²) in [5.41, 5.74) is 3.02. The van der Waals surface area contributed by atoms with Gasteiger partial charge in [-0.25, -0.2) is 0 Å². The standard InChI is InChI=1S/C19H19N3O3/c1-24-15-7-3-13(4-8-15)12-20-19(23)18-11-17(21-22-18)14-5-9-16(25-2)10-6-14/h3-11H,12H2,1-2H3,(H,20,23)(H,21,22). The van der Waals surface area contributed by atoms with Crippen LogP contribution in [0.1, 0.15) is 16.1 Å². The van der Waals surface area contributed by atoms with E-state index in [0.29, 0.717) is 17.9 Å². The molecule has 0 atom stereocenters. The number of hydrogen-bond donors (Lipinski definition) is 2. The first kappa shape index (κ1) is 16.6. The normalized spacial score (nSPS) is 10.3. The molecule has 0 aliphatic heterocycles. The monoisotopic (exact) mass is 337 g/mol. The number of methoxy groups -OCH3 is 2. The van der Waals surface area contributed by atoms with Crippen molar-refractivity contribution in [1.82, 2.24) is 15.5 Å². The molecule has 6 nitrogen and oxygen atoms in total. The molecule has 6 heteroatoms. The Morgan fingerprint density at radius 3 is 2.20 bits per heavy atom. The molecular weight excluding hydrogens is 318 g/mol. The van der Waals surface area contributed by atoms with Crippen molar-refractivity contribution in [1.29, 1.82) is 0 Å². The zero-order chi connectivity index (χ0) is 17.6. The molecule has 0 saturated heterocycles. The van der Waals surface area contributed by atoms with Gasteiger partial charge in [0.1, 0.15) is 17.2 Å². The maximum atomic E-state index is 12.3. The molecule has 1 aromatic heterocycles. The van der Waals surface area contributed by atoms with E-state index in [-0.39, 0.29) is 5.91 Å². The van der Waals surface area contributed by atoms with E-state index in [4.69, 9.17) is 9.47 Å². The molecule has 0 fully saturated rings. The van der Waals surface area contributed by atoms with Crippen LogP contribution in [-0.2, 0) is 6.54 Å². The van der Waals surface area contributed by atoms with Gasteiger partial charge in [0.15, 0.2) is 0 Å². The molecule has 1 amide bonds. The van der Waals surface area contributed by atoms with Crippen molar-refractivity contribution in [2.75, 3.05) is 14.2 Å². The van der Waals surface area contributed by atoms with Gasteiger partial charge in [0.2, 0.25) is 0 Å². The quantitative estimate of drug-likeness (QED) is 0.725. The molecule has 25 heavy (non-hydrogen) atoms. The SMILES string of the molecule is COc1ccc(CNC(=O)c2cc(-c3ccc(OC)cc3)n[nH]2)cc1. The van der Waals surface area contributed by atoms with Gasteiger partial charge >= 0.3 is 0 Å². The van der Waals surface area contributed by atoms with Crippen LogP contribution in [0.3, 0.4) is 0 Å². The average molecular weight is 337 g/mol. The zero-order valence-electron chi connectivity index (χ0n) is 14.1. The smallest absolute Gasteiger partial charge is 0.269 e. The number of H-pyrrole nitrogens is 1. The molecule has 0 aliphatic rings. The van der Waals surface area contributed by atoms with Crippen molar-refractivity contribution >= 4 is 5.91 Å². The summed E-state index contributed by atoms with van der Waals surface area (Å²) in [6.07, 6.45) is 0. The third kappa shape index (κ3) is 3.98. The number of ether oxygens (including phenoxy) is 2. The molecule has 128 valence electrons. The minimum Gasteiger partial charge on any atom is -0.497 e. The molecule has 3 aromatic rings. The van der Waals surface area contributed by atoms with Crippen molar-refractivity contribution in [2.24, 2.45) is 0 Å². The molecular formula is C19H19N3O3. The lowest BCUT2D eigenvalue weighted by molar-refractivity contribution is 0.0946. The molecule has 0 aliphatic carbocycles. The van der Waals surface area contributed by atoms with Crippen LogP contribution in [0.4, 0.5) is 0 Å². The Hall–Kier alpha value is -3.28.